The van der Waals surface area contributed by atoms with Gasteiger partial charge in [0.25, 0.3) is 0 Å². The van der Waals surface area contributed by atoms with E-state index < -0.39 is 0 Å². The predicted octanol–water partition coefficient (Wildman–Crippen LogP) is 1.28. The Bertz CT molecular complexity index is 267. The van der Waals surface area contributed by atoms with E-state index in [9.17, 15) is 9.90 Å². The molecule has 1 amide bonds. The second kappa shape index (κ2) is 5.83. The Morgan fingerprint density at radius 3 is 2.35 bits per heavy atom. The van der Waals surface area contributed by atoms with Crippen molar-refractivity contribution in [3.05, 3.63) is 0 Å². The standard InChI is InChI=1S/C13H25NO3/c1-8(15)6-7-14(5)13(16)12-9(2)10(3)17-11(12)4/h8-12,15H,6-7H2,1-5H3. The van der Waals surface area contributed by atoms with Crippen LogP contribution in [-0.2, 0) is 9.53 Å². The van der Waals surface area contributed by atoms with Crippen molar-refractivity contribution in [3.63, 3.8) is 0 Å². The van der Waals surface area contributed by atoms with Crippen LogP contribution < -0.4 is 0 Å². The van der Waals surface area contributed by atoms with E-state index in [0.717, 1.165) is 0 Å². The molecule has 1 saturated heterocycles. The summed E-state index contributed by atoms with van der Waals surface area (Å²) in [6, 6.07) is 0. The van der Waals surface area contributed by atoms with Gasteiger partial charge >= 0.3 is 0 Å². The number of rotatable bonds is 4. The predicted molar refractivity (Wildman–Crippen MR) is 66.6 cm³/mol. The van der Waals surface area contributed by atoms with Crippen molar-refractivity contribution in [1.29, 1.82) is 0 Å². The van der Waals surface area contributed by atoms with Crippen molar-refractivity contribution in [2.24, 2.45) is 11.8 Å². The molecule has 5 atom stereocenters. The second-order valence-corrected chi connectivity index (χ2v) is 5.33. The van der Waals surface area contributed by atoms with Crippen LogP contribution in [0.5, 0.6) is 0 Å². The summed E-state index contributed by atoms with van der Waals surface area (Å²) >= 11 is 0. The number of amides is 1. The summed E-state index contributed by atoms with van der Waals surface area (Å²) in [6.45, 7) is 8.39. The Hall–Kier alpha value is -0.610. The average Bonchev–Trinajstić information content (AvgIpc) is 2.49. The van der Waals surface area contributed by atoms with Gasteiger partial charge in [-0.1, -0.05) is 6.92 Å². The van der Waals surface area contributed by atoms with Crippen LogP contribution in [0, 0.1) is 11.8 Å². The molecule has 5 unspecified atom stereocenters. The third-order valence-corrected chi connectivity index (χ3v) is 3.79. The maximum Gasteiger partial charge on any atom is 0.228 e. The van der Waals surface area contributed by atoms with E-state index >= 15 is 0 Å². The number of hydrogen-bond donors (Lipinski definition) is 1. The quantitative estimate of drug-likeness (QED) is 0.809. The number of aliphatic hydroxyl groups is 1. The summed E-state index contributed by atoms with van der Waals surface area (Å²) in [5.74, 6) is 0.338. The van der Waals surface area contributed by atoms with Gasteiger partial charge in [-0.25, -0.2) is 0 Å². The maximum absolute atomic E-state index is 12.3. The van der Waals surface area contributed by atoms with Crippen molar-refractivity contribution < 1.29 is 14.6 Å². The molecule has 0 radical (unpaired) electrons. The minimum Gasteiger partial charge on any atom is -0.393 e. The number of nitrogens with zero attached hydrogens (tertiary/aromatic N) is 1. The van der Waals surface area contributed by atoms with Gasteiger partial charge in [0, 0.05) is 13.6 Å². The molecule has 1 rings (SSSR count). The first kappa shape index (κ1) is 14.5. The molecule has 1 fully saturated rings. The van der Waals surface area contributed by atoms with E-state index in [4.69, 9.17) is 4.74 Å². The van der Waals surface area contributed by atoms with Crippen molar-refractivity contribution in [2.45, 2.75) is 52.4 Å². The highest BCUT2D eigenvalue weighted by atomic mass is 16.5. The molecule has 1 heterocycles. The summed E-state index contributed by atoms with van der Waals surface area (Å²) in [5.41, 5.74) is 0. The van der Waals surface area contributed by atoms with Gasteiger partial charge in [0.2, 0.25) is 5.91 Å². The van der Waals surface area contributed by atoms with Crippen LogP contribution in [-0.4, -0.2) is 47.8 Å². The lowest BCUT2D eigenvalue weighted by molar-refractivity contribution is -0.136. The fraction of sp³-hybridized carbons (Fsp3) is 0.923. The van der Waals surface area contributed by atoms with Crippen molar-refractivity contribution >= 4 is 5.91 Å². The molecule has 4 heteroatoms. The van der Waals surface area contributed by atoms with Crippen molar-refractivity contribution in [2.75, 3.05) is 13.6 Å². The fourth-order valence-corrected chi connectivity index (χ4v) is 2.44. The highest BCUT2D eigenvalue weighted by molar-refractivity contribution is 5.79. The van der Waals surface area contributed by atoms with Gasteiger partial charge < -0.3 is 14.7 Å². The van der Waals surface area contributed by atoms with Crippen molar-refractivity contribution in [3.8, 4) is 0 Å². The molecule has 0 bridgehead atoms. The zero-order valence-electron chi connectivity index (χ0n) is 11.5. The maximum atomic E-state index is 12.3. The number of hydrogen-bond acceptors (Lipinski definition) is 3. The lowest BCUT2D eigenvalue weighted by Crippen LogP contribution is -2.39. The zero-order chi connectivity index (χ0) is 13.2. The minimum atomic E-state index is -0.362. The van der Waals surface area contributed by atoms with E-state index in [-0.39, 0.29) is 36.1 Å². The molecule has 0 spiro atoms. The van der Waals surface area contributed by atoms with Crippen LogP contribution in [0.2, 0.25) is 0 Å². The second-order valence-electron chi connectivity index (χ2n) is 5.33. The largest absolute Gasteiger partial charge is 0.393 e. The molecule has 1 aliphatic rings. The third kappa shape index (κ3) is 3.42. The van der Waals surface area contributed by atoms with Crippen LogP contribution in [0.15, 0.2) is 0 Å². The SMILES string of the molecule is CC(O)CCN(C)C(=O)C1C(C)OC(C)C1C. The van der Waals surface area contributed by atoms with E-state index in [0.29, 0.717) is 13.0 Å². The first-order valence-electron chi connectivity index (χ1n) is 6.43. The zero-order valence-corrected chi connectivity index (χ0v) is 11.5. The normalized spacial score (nSPS) is 34.7. The van der Waals surface area contributed by atoms with Crippen LogP contribution in [0.3, 0.4) is 0 Å². The molecule has 0 aromatic carbocycles. The van der Waals surface area contributed by atoms with E-state index in [1.54, 1.807) is 18.9 Å². The van der Waals surface area contributed by atoms with Crippen LogP contribution >= 0.6 is 0 Å². The van der Waals surface area contributed by atoms with Gasteiger partial charge in [0.1, 0.15) is 0 Å². The molecule has 17 heavy (non-hydrogen) atoms. The summed E-state index contributed by atoms with van der Waals surface area (Å²) in [7, 11) is 1.80. The lowest BCUT2D eigenvalue weighted by atomic mass is 9.88. The highest BCUT2D eigenvalue weighted by Gasteiger charge is 2.42. The van der Waals surface area contributed by atoms with Gasteiger partial charge in [-0.2, -0.15) is 0 Å². The number of carbonyl (C=O) groups is 1. The topological polar surface area (TPSA) is 49.8 Å². The Labute approximate surface area is 104 Å². The van der Waals surface area contributed by atoms with Gasteiger partial charge in [0.05, 0.1) is 24.2 Å². The van der Waals surface area contributed by atoms with Gasteiger partial charge in [-0.15, -0.1) is 0 Å². The highest BCUT2D eigenvalue weighted by Crippen LogP contribution is 2.33. The van der Waals surface area contributed by atoms with Crippen LogP contribution in [0.25, 0.3) is 0 Å². The van der Waals surface area contributed by atoms with Gasteiger partial charge in [-0.05, 0) is 33.1 Å². The summed E-state index contributed by atoms with van der Waals surface area (Å²) < 4.78 is 5.69. The lowest BCUT2D eigenvalue weighted by Gasteiger charge is -2.25. The number of ether oxygens (including phenoxy) is 1. The van der Waals surface area contributed by atoms with Gasteiger partial charge in [0.15, 0.2) is 0 Å². The smallest absolute Gasteiger partial charge is 0.228 e. The Kier molecular flexibility index (Phi) is 4.95. The van der Waals surface area contributed by atoms with E-state index in [2.05, 4.69) is 6.92 Å². The first-order valence-corrected chi connectivity index (χ1v) is 6.43. The van der Waals surface area contributed by atoms with Crippen molar-refractivity contribution in [1.82, 2.24) is 4.90 Å². The molecule has 1 aliphatic heterocycles. The van der Waals surface area contributed by atoms with Crippen LogP contribution in [0.4, 0.5) is 0 Å². The molecule has 0 aromatic rings. The molecular formula is C13H25NO3. The average molecular weight is 243 g/mol. The minimum absolute atomic E-state index is 0.0125. The monoisotopic (exact) mass is 243 g/mol. The Morgan fingerprint density at radius 1 is 1.35 bits per heavy atom. The fourth-order valence-electron chi connectivity index (χ4n) is 2.44. The Morgan fingerprint density at radius 2 is 1.94 bits per heavy atom. The molecule has 0 saturated carbocycles. The van der Waals surface area contributed by atoms with Gasteiger partial charge in [-0.3, -0.25) is 4.79 Å². The summed E-state index contributed by atoms with van der Waals surface area (Å²) in [6.07, 6.45) is 0.387. The molecule has 4 nitrogen and oxygen atoms in total. The van der Waals surface area contributed by atoms with Crippen LogP contribution in [0.1, 0.15) is 34.1 Å². The molecule has 0 aliphatic carbocycles. The molecule has 0 aromatic heterocycles. The molecule has 100 valence electrons. The summed E-state index contributed by atoms with van der Waals surface area (Å²) in [5, 5.41) is 9.23. The number of carbonyl (C=O) groups excluding carboxylic acids is 1. The number of aliphatic hydroxyl groups excluding tert-OH is 1. The first-order chi connectivity index (χ1) is 7.84. The van der Waals surface area contributed by atoms with E-state index in [1.807, 2.05) is 13.8 Å². The summed E-state index contributed by atoms with van der Waals surface area (Å²) in [4.78, 5) is 14.0. The molecular weight excluding hydrogens is 218 g/mol. The van der Waals surface area contributed by atoms with E-state index in [1.165, 1.54) is 0 Å². The third-order valence-electron chi connectivity index (χ3n) is 3.79. The molecule has 1 N–H and O–H groups in total. The Balaban J connectivity index is 2.57.